The topological polar surface area (TPSA) is 35.9 Å². The van der Waals surface area contributed by atoms with Crippen molar-refractivity contribution in [3.05, 3.63) is 430 Å². The zero-order valence-electron chi connectivity index (χ0n) is 83.9. The van der Waals surface area contributed by atoms with Crippen molar-refractivity contribution < 1.29 is 0 Å². The Labute approximate surface area is 836 Å². The monoisotopic (exact) mass is 1850 g/mol. The molecule has 4 heterocycles. The minimum Gasteiger partial charge on any atom is -0.378 e. The summed E-state index contributed by atoms with van der Waals surface area (Å²) >= 11 is 0. The van der Waals surface area contributed by atoms with Gasteiger partial charge in [-0.05, 0) is 246 Å². The van der Waals surface area contributed by atoms with Gasteiger partial charge in [0.1, 0.15) is 0 Å². The molecule has 26 aromatic rings. The van der Waals surface area contributed by atoms with Gasteiger partial charge in [-0.3, -0.25) is 0 Å². The summed E-state index contributed by atoms with van der Waals surface area (Å²) in [5.74, 6) is 0.415. The molecule has 9 heteroatoms. The van der Waals surface area contributed by atoms with E-state index in [0.29, 0.717) is 5.92 Å². The van der Waals surface area contributed by atoms with E-state index in [1.54, 1.807) is 0 Å². The maximum Gasteiger partial charge on any atom is 0.0574 e. The molecule has 4 aromatic heterocycles. The van der Waals surface area contributed by atoms with Gasteiger partial charge < -0.3 is 42.8 Å². The quantitative estimate of drug-likeness (QED) is 0.128. The molecule has 0 radical (unpaired) electrons. The summed E-state index contributed by atoms with van der Waals surface area (Å²) in [6.07, 6.45) is 0. The normalized spacial score (nSPS) is 12.2. The molecule has 0 saturated heterocycles. The minimum atomic E-state index is 0.415. The van der Waals surface area contributed by atoms with E-state index in [0.717, 1.165) is 0 Å². The Kier molecular flexibility index (Phi) is 23.0. The molecule has 696 valence electrons. The fraction of sp³-hybridized carbons (Fsp3) is 0.119. The van der Waals surface area contributed by atoms with Gasteiger partial charge in [0.05, 0.1) is 16.6 Å². The van der Waals surface area contributed by atoms with Crippen LogP contribution in [0.5, 0.6) is 0 Å². The molecular formula is C134H115N9. The summed E-state index contributed by atoms with van der Waals surface area (Å²) < 4.78 is 9.38. The van der Waals surface area contributed by atoms with Crippen molar-refractivity contribution in [2.45, 2.75) is 12.8 Å². The predicted molar refractivity (Wildman–Crippen MR) is 622 cm³/mol. The number of aromatic nitrogens is 4. The number of hydrogen-bond acceptors (Lipinski definition) is 5. The number of nitrogens with zero attached hydrogens (tertiary/aromatic N) is 9. The van der Waals surface area contributed by atoms with Crippen LogP contribution in [0.15, 0.2) is 419 Å². The minimum absolute atomic E-state index is 0.415. The standard InChI is InChI=1S/2C29H24N2.C26H23N.2C25H22N2/c1-30(2)21-10-8-9-19(17-21)20-15-16-27-26(18-20)28-24-13-6-4-11-22(24)23-12-5-7-14-25(23)29(28)31(27)3;1-30(2)21-10-8-9-19(17-21)20-15-16-26-27(18-20)31(3)29-25-14-7-5-12-23(25)22-11-4-6-13-24(22)28(26)29;1-17-25-16-20(19-8-6-9-21(15-19)27(2)3)12-13-23(25)24-14-11-18-7-4-5-10-22(18)26(17)24;1-26(2)20-9-6-8-18(15-20)19-11-13-22-24(16-19)27(3)23-14-12-17-7-4-5-10-21(17)25(22)23;1-26(2)20-9-6-8-18(15-20)19-12-14-24-23(16-19)22-13-11-17-7-4-5-10-21(17)25(22)27(24)3/h2*4-18H,1-3H3;4-17H,1-3H3;2*4-16H,1-3H3. The molecule has 1 aliphatic rings. The molecular weight excluding hydrogens is 1740 g/mol. The first kappa shape index (κ1) is 89.7. The molecule has 143 heavy (non-hydrogen) atoms. The van der Waals surface area contributed by atoms with Crippen molar-refractivity contribution in [3.63, 3.8) is 0 Å². The lowest BCUT2D eigenvalue weighted by Gasteiger charge is -2.14. The second-order valence-electron chi connectivity index (χ2n) is 39.7. The van der Waals surface area contributed by atoms with Crippen LogP contribution in [0.4, 0.5) is 28.4 Å². The van der Waals surface area contributed by atoms with Crippen LogP contribution >= 0.6 is 0 Å². The lowest BCUT2D eigenvalue weighted by atomic mass is 9.93. The summed E-state index contributed by atoms with van der Waals surface area (Å²) in [5, 5.41) is 29.1. The third-order valence-corrected chi connectivity index (χ3v) is 30.2. The number of anilines is 5. The van der Waals surface area contributed by atoms with Crippen LogP contribution in [0, 0.1) is 0 Å². The maximum absolute atomic E-state index is 2.39. The third-order valence-electron chi connectivity index (χ3n) is 30.2. The van der Waals surface area contributed by atoms with Crippen LogP contribution in [0.3, 0.4) is 0 Å². The summed E-state index contributed by atoms with van der Waals surface area (Å²) in [4.78, 5) is 10.7. The van der Waals surface area contributed by atoms with E-state index in [2.05, 4.69) is 567 Å². The van der Waals surface area contributed by atoms with Crippen LogP contribution < -0.4 is 24.5 Å². The highest BCUT2D eigenvalue weighted by Gasteiger charge is 2.29. The molecule has 0 fully saturated rings. The molecule has 0 bridgehead atoms. The maximum atomic E-state index is 2.39. The van der Waals surface area contributed by atoms with Gasteiger partial charge in [-0.25, -0.2) is 0 Å². The summed E-state index contributed by atoms with van der Waals surface area (Å²) in [6, 6.07) is 153. The third kappa shape index (κ3) is 15.8. The summed E-state index contributed by atoms with van der Waals surface area (Å²) in [5.41, 5.74) is 34.6. The van der Waals surface area contributed by atoms with Crippen LogP contribution in [0.25, 0.3) is 229 Å². The van der Waals surface area contributed by atoms with Gasteiger partial charge in [0, 0.05) is 220 Å². The number of hydrogen-bond donors (Lipinski definition) is 0. The number of benzene rings is 22. The zero-order chi connectivity index (χ0) is 97.9. The van der Waals surface area contributed by atoms with Crippen LogP contribution in [0.1, 0.15) is 24.0 Å². The predicted octanol–water partition coefficient (Wildman–Crippen LogP) is 33.9. The molecule has 9 nitrogen and oxygen atoms in total. The first-order valence-corrected chi connectivity index (χ1v) is 49.6. The Bertz CT molecular complexity index is 9520. The molecule has 1 unspecified atom stereocenters. The largest absolute Gasteiger partial charge is 0.378 e. The highest BCUT2D eigenvalue weighted by atomic mass is 15.1. The average Bonchev–Trinajstić information content (AvgIpc) is 1.57. The van der Waals surface area contributed by atoms with Crippen molar-refractivity contribution in [1.29, 1.82) is 0 Å². The van der Waals surface area contributed by atoms with Crippen molar-refractivity contribution in [1.82, 2.24) is 18.3 Å². The van der Waals surface area contributed by atoms with E-state index in [9.17, 15) is 0 Å². The Morgan fingerprint density at radius 2 is 0.469 bits per heavy atom. The molecule has 1 atom stereocenters. The Morgan fingerprint density at radius 3 is 0.944 bits per heavy atom. The van der Waals surface area contributed by atoms with Gasteiger partial charge in [-0.1, -0.05) is 316 Å². The number of aryl methyl sites for hydroxylation is 4. The Hall–Kier alpha value is -17.1. The van der Waals surface area contributed by atoms with E-state index in [4.69, 9.17) is 0 Å². The lowest BCUT2D eigenvalue weighted by molar-refractivity contribution is 0.967. The van der Waals surface area contributed by atoms with Crippen LogP contribution in [-0.2, 0) is 28.2 Å². The second-order valence-corrected chi connectivity index (χ2v) is 39.7. The second kappa shape index (κ2) is 36.6. The zero-order valence-corrected chi connectivity index (χ0v) is 83.9. The first-order valence-electron chi connectivity index (χ1n) is 49.6. The number of fused-ring (bicyclic) bond motifs is 31. The fourth-order valence-electron chi connectivity index (χ4n) is 22.8. The van der Waals surface area contributed by atoms with Crippen LogP contribution in [0.2, 0.25) is 0 Å². The van der Waals surface area contributed by atoms with E-state index < -0.39 is 0 Å². The molecule has 0 N–H and O–H groups in total. The van der Waals surface area contributed by atoms with E-state index in [1.807, 2.05) is 0 Å². The van der Waals surface area contributed by atoms with Gasteiger partial charge in [0.15, 0.2) is 0 Å². The van der Waals surface area contributed by atoms with E-state index in [1.165, 1.54) is 269 Å². The molecule has 0 spiro atoms. The van der Waals surface area contributed by atoms with E-state index >= 15 is 0 Å². The SMILES string of the molecule is CC1c2cc(-c3cccc(N(C)C)c3)ccc2-c2ccc3ccccc3c21.CN(C)c1cccc(-c2ccc3c(c2)c2c4ccccc4c4ccccc4c2n3C)c1.CN(C)c1cccc(-c2ccc3c(c2)c2ccc4ccccc4c2n3C)c1.CN(C)c1cccc(-c2ccc3c4c5ccccc5c5ccccc5c4n(C)c3c2)c1.CN(C)c1cccc(-c2ccc3c4c5ccccc5ccc4n(C)c3c2)c1. The molecule has 0 aliphatic heterocycles. The summed E-state index contributed by atoms with van der Waals surface area (Å²) in [6.45, 7) is 2.34. The molecule has 0 amide bonds. The molecule has 22 aromatic carbocycles. The Balaban J connectivity index is 0.0000000993. The molecule has 27 rings (SSSR count). The van der Waals surface area contributed by atoms with Gasteiger partial charge in [0.25, 0.3) is 0 Å². The Morgan fingerprint density at radius 1 is 0.175 bits per heavy atom. The van der Waals surface area contributed by atoms with Gasteiger partial charge in [-0.2, -0.15) is 0 Å². The smallest absolute Gasteiger partial charge is 0.0574 e. The molecule has 1 aliphatic carbocycles. The first-order chi connectivity index (χ1) is 69.7. The van der Waals surface area contributed by atoms with Gasteiger partial charge in [0.2, 0.25) is 0 Å². The van der Waals surface area contributed by atoms with Crippen molar-refractivity contribution in [2.24, 2.45) is 28.2 Å². The highest BCUT2D eigenvalue weighted by Crippen LogP contribution is 2.51. The lowest BCUT2D eigenvalue weighted by Crippen LogP contribution is -2.08. The van der Waals surface area contributed by atoms with Gasteiger partial charge in [-0.15, -0.1) is 0 Å². The number of rotatable bonds is 10. The fourth-order valence-corrected chi connectivity index (χ4v) is 22.8. The van der Waals surface area contributed by atoms with Crippen molar-refractivity contribution >= 4 is 191 Å². The molecule has 0 saturated carbocycles. The van der Waals surface area contributed by atoms with Crippen LogP contribution in [-0.4, -0.2) is 88.7 Å². The van der Waals surface area contributed by atoms with E-state index in [-0.39, 0.29) is 0 Å². The average molecular weight is 1850 g/mol. The summed E-state index contributed by atoms with van der Waals surface area (Å²) in [7, 11) is 29.6. The van der Waals surface area contributed by atoms with Crippen molar-refractivity contribution in [2.75, 3.05) is 95.0 Å². The highest BCUT2D eigenvalue weighted by molar-refractivity contribution is 6.34. The van der Waals surface area contributed by atoms with Gasteiger partial charge >= 0.3 is 0 Å². The van der Waals surface area contributed by atoms with Crippen molar-refractivity contribution in [3.8, 4) is 66.8 Å².